The second kappa shape index (κ2) is 9.74. The van der Waals surface area contributed by atoms with Gasteiger partial charge in [-0.1, -0.05) is 50.1 Å². The Balaban J connectivity index is 1.26. The lowest BCUT2D eigenvalue weighted by molar-refractivity contribution is -0.155. The molecular formula is C26H37N5O2. The average molecular weight is 452 g/mol. The lowest BCUT2D eigenvalue weighted by atomic mass is 9.80. The van der Waals surface area contributed by atoms with Gasteiger partial charge in [-0.25, -0.2) is 0 Å². The van der Waals surface area contributed by atoms with Crippen LogP contribution in [-0.2, 0) is 16.0 Å². The topological polar surface area (TPSA) is 68.2 Å². The number of benzene rings is 1. The highest BCUT2D eigenvalue weighted by Gasteiger charge is 2.50. The molecule has 0 spiro atoms. The molecule has 3 unspecified atom stereocenters. The molecule has 1 aromatic carbocycles. The highest BCUT2D eigenvalue weighted by atomic mass is 16.2. The number of amidine groups is 1. The van der Waals surface area contributed by atoms with Crippen LogP contribution < -0.4 is 5.43 Å². The minimum Gasteiger partial charge on any atom is -0.343 e. The first-order valence-electron chi connectivity index (χ1n) is 12.8. The number of nitrogens with one attached hydrogen (secondary N) is 1. The number of nitrogens with zero attached hydrogens (tertiary/aromatic N) is 4. The molecular weight excluding hydrogens is 414 g/mol. The average Bonchev–Trinajstić information content (AvgIpc) is 3.27. The van der Waals surface area contributed by atoms with Crippen molar-refractivity contribution in [3.63, 3.8) is 0 Å². The minimum atomic E-state index is -0.221. The zero-order valence-electron chi connectivity index (χ0n) is 19.8. The Hall–Kier alpha value is -2.57. The molecule has 0 aromatic heterocycles. The smallest absolute Gasteiger partial charge is 0.230 e. The lowest BCUT2D eigenvalue weighted by Gasteiger charge is -2.50. The van der Waals surface area contributed by atoms with E-state index in [4.69, 9.17) is 0 Å². The molecule has 3 aliphatic heterocycles. The highest BCUT2D eigenvalue weighted by Crippen LogP contribution is 2.38. The molecule has 5 rings (SSSR count). The Bertz CT molecular complexity index is 880. The van der Waals surface area contributed by atoms with Crippen molar-refractivity contribution in [2.24, 2.45) is 16.9 Å². The van der Waals surface area contributed by atoms with Crippen molar-refractivity contribution < 1.29 is 9.59 Å². The fourth-order valence-corrected chi connectivity index (χ4v) is 6.00. The SMILES string of the molecule is CC1CCN(C(=O)CCC2=NNC3N(CCc4ccccc4)C(=O)C4CCCCC4N23)CC1. The van der Waals surface area contributed by atoms with Gasteiger partial charge >= 0.3 is 0 Å². The largest absolute Gasteiger partial charge is 0.343 e. The number of rotatable bonds is 6. The van der Waals surface area contributed by atoms with Crippen LogP contribution in [0.4, 0.5) is 0 Å². The zero-order valence-corrected chi connectivity index (χ0v) is 19.8. The second-order valence-corrected chi connectivity index (χ2v) is 10.2. The summed E-state index contributed by atoms with van der Waals surface area (Å²) in [6.07, 6.45) is 8.19. The third-order valence-electron chi connectivity index (χ3n) is 8.04. The molecule has 0 bridgehead atoms. The first-order valence-corrected chi connectivity index (χ1v) is 12.8. The number of amides is 2. The molecule has 2 amide bonds. The summed E-state index contributed by atoms with van der Waals surface area (Å²) in [6.45, 7) is 4.70. The van der Waals surface area contributed by atoms with Gasteiger partial charge in [0.2, 0.25) is 11.8 Å². The summed E-state index contributed by atoms with van der Waals surface area (Å²) in [5.74, 6) is 2.21. The molecule has 1 aromatic rings. The van der Waals surface area contributed by atoms with Crippen LogP contribution in [0.25, 0.3) is 0 Å². The van der Waals surface area contributed by atoms with Gasteiger partial charge in [0.25, 0.3) is 0 Å². The van der Waals surface area contributed by atoms with Crippen LogP contribution in [-0.4, -0.2) is 64.3 Å². The number of piperidine rings is 1. The Morgan fingerprint density at radius 1 is 1.06 bits per heavy atom. The molecule has 178 valence electrons. The van der Waals surface area contributed by atoms with E-state index in [1.165, 1.54) is 5.56 Å². The van der Waals surface area contributed by atoms with Gasteiger partial charge < -0.3 is 14.7 Å². The van der Waals surface area contributed by atoms with Crippen molar-refractivity contribution in [3.8, 4) is 0 Å². The van der Waals surface area contributed by atoms with Gasteiger partial charge in [-0.3, -0.25) is 15.0 Å². The van der Waals surface area contributed by atoms with Crippen molar-refractivity contribution in [2.45, 2.75) is 77.0 Å². The van der Waals surface area contributed by atoms with Crippen molar-refractivity contribution in [2.75, 3.05) is 19.6 Å². The van der Waals surface area contributed by atoms with Gasteiger partial charge in [0.05, 0.1) is 5.92 Å². The van der Waals surface area contributed by atoms with Crippen LogP contribution >= 0.6 is 0 Å². The molecule has 33 heavy (non-hydrogen) atoms. The quantitative estimate of drug-likeness (QED) is 0.721. The molecule has 7 heteroatoms. The van der Waals surface area contributed by atoms with E-state index in [1.807, 2.05) is 28.0 Å². The fourth-order valence-electron chi connectivity index (χ4n) is 6.00. The Morgan fingerprint density at radius 2 is 1.82 bits per heavy atom. The molecule has 1 saturated carbocycles. The Morgan fingerprint density at radius 3 is 2.61 bits per heavy atom. The van der Waals surface area contributed by atoms with E-state index in [1.54, 1.807) is 0 Å². The number of likely N-dealkylation sites (tertiary alicyclic amines) is 1. The maximum absolute atomic E-state index is 13.5. The first kappa shape index (κ1) is 22.2. The van der Waals surface area contributed by atoms with E-state index in [2.05, 4.69) is 34.5 Å². The minimum absolute atomic E-state index is 0.0372. The predicted molar refractivity (Wildman–Crippen MR) is 128 cm³/mol. The number of carbonyl (C=O) groups is 2. The molecule has 1 aliphatic carbocycles. The number of hydrazone groups is 1. The van der Waals surface area contributed by atoms with Gasteiger partial charge in [-0.05, 0) is 43.6 Å². The van der Waals surface area contributed by atoms with Crippen LogP contribution in [0.2, 0.25) is 0 Å². The van der Waals surface area contributed by atoms with Crippen molar-refractivity contribution in [3.05, 3.63) is 35.9 Å². The monoisotopic (exact) mass is 451 g/mol. The standard InChI is InChI=1S/C26H37N5O2/c1-19-13-16-29(17-14-19)24(32)12-11-23-27-28-26-30(18-15-20-7-3-2-4-8-20)25(33)21-9-5-6-10-22(21)31(23)26/h2-4,7-8,19,21-22,26,28H,5-6,9-18H2,1H3. The summed E-state index contributed by atoms with van der Waals surface area (Å²) in [7, 11) is 0. The molecule has 1 N–H and O–H groups in total. The van der Waals surface area contributed by atoms with E-state index in [-0.39, 0.29) is 30.1 Å². The first-order chi connectivity index (χ1) is 16.1. The van der Waals surface area contributed by atoms with E-state index >= 15 is 0 Å². The van der Waals surface area contributed by atoms with Crippen LogP contribution in [0.1, 0.15) is 63.9 Å². The van der Waals surface area contributed by atoms with Gasteiger partial charge in [-0.2, -0.15) is 5.10 Å². The van der Waals surface area contributed by atoms with Gasteiger partial charge in [0.15, 0.2) is 6.29 Å². The van der Waals surface area contributed by atoms with Crippen LogP contribution in [0.5, 0.6) is 0 Å². The van der Waals surface area contributed by atoms with E-state index in [0.29, 0.717) is 25.3 Å². The van der Waals surface area contributed by atoms with Gasteiger partial charge in [0, 0.05) is 38.5 Å². The van der Waals surface area contributed by atoms with E-state index < -0.39 is 0 Å². The van der Waals surface area contributed by atoms with Crippen LogP contribution in [0, 0.1) is 11.8 Å². The maximum Gasteiger partial charge on any atom is 0.230 e. The third-order valence-corrected chi connectivity index (χ3v) is 8.04. The molecule has 7 nitrogen and oxygen atoms in total. The summed E-state index contributed by atoms with van der Waals surface area (Å²) >= 11 is 0. The summed E-state index contributed by atoms with van der Waals surface area (Å²) in [6, 6.07) is 10.6. The lowest BCUT2D eigenvalue weighted by Crippen LogP contribution is -2.67. The fraction of sp³-hybridized carbons (Fsp3) is 0.654. The molecule has 3 fully saturated rings. The number of hydrogen-bond donors (Lipinski definition) is 1. The normalized spacial score (nSPS) is 27.7. The van der Waals surface area contributed by atoms with Gasteiger partial charge in [0.1, 0.15) is 5.84 Å². The summed E-state index contributed by atoms with van der Waals surface area (Å²) in [4.78, 5) is 32.7. The number of fused-ring (bicyclic) bond motifs is 3. The van der Waals surface area contributed by atoms with E-state index in [0.717, 1.165) is 63.9 Å². The van der Waals surface area contributed by atoms with Crippen molar-refractivity contribution in [1.29, 1.82) is 0 Å². The Labute approximate surface area is 197 Å². The van der Waals surface area contributed by atoms with Crippen LogP contribution in [0.15, 0.2) is 35.4 Å². The zero-order chi connectivity index (χ0) is 22.8. The Kier molecular flexibility index (Phi) is 6.56. The van der Waals surface area contributed by atoms with E-state index in [9.17, 15) is 9.59 Å². The van der Waals surface area contributed by atoms with Crippen LogP contribution in [0.3, 0.4) is 0 Å². The summed E-state index contributed by atoms with van der Waals surface area (Å²) in [5.41, 5.74) is 4.50. The second-order valence-electron chi connectivity index (χ2n) is 10.2. The van der Waals surface area contributed by atoms with Crippen molar-refractivity contribution in [1.82, 2.24) is 20.1 Å². The molecule has 3 heterocycles. The summed E-state index contributed by atoms with van der Waals surface area (Å²) < 4.78 is 0. The molecule has 4 aliphatic rings. The van der Waals surface area contributed by atoms with Crippen molar-refractivity contribution >= 4 is 17.6 Å². The summed E-state index contributed by atoms with van der Waals surface area (Å²) in [5, 5.41) is 4.67. The highest BCUT2D eigenvalue weighted by molar-refractivity contribution is 5.91. The number of hydrogen-bond acceptors (Lipinski definition) is 5. The molecule has 2 saturated heterocycles. The van der Waals surface area contributed by atoms with Gasteiger partial charge in [-0.15, -0.1) is 0 Å². The number of carbonyl (C=O) groups excluding carboxylic acids is 2. The molecule has 3 atom stereocenters. The molecule has 0 radical (unpaired) electrons. The maximum atomic E-state index is 13.5. The third kappa shape index (κ3) is 4.59. The predicted octanol–water partition coefficient (Wildman–Crippen LogP) is 3.17.